The van der Waals surface area contributed by atoms with Crippen molar-refractivity contribution in [2.75, 3.05) is 5.32 Å². The first-order valence-corrected chi connectivity index (χ1v) is 6.99. The van der Waals surface area contributed by atoms with E-state index in [-0.39, 0.29) is 11.5 Å². The van der Waals surface area contributed by atoms with Crippen molar-refractivity contribution in [3.05, 3.63) is 65.0 Å². The SMILES string of the molecule is O=C(O)c1cc(F)c(C2CC2)cc1NCc1ccccc1. The third-order valence-electron chi connectivity index (χ3n) is 3.71. The summed E-state index contributed by atoms with van der Waals surface area (Å²) in [4.78, 5) is 11.3. The Morgan fingerprint density at radius 3 is 2.57 bits per heavy atom. The molecule has 2 N–H and O–H groups in total. The first kappa shape index (κ1) is 13.6. The number of halogens is 1. The van der Waals surface area contributed by atoms with E-state index in [2.05, 4.69) is 5.32 Å². The molecule has 0 amide bonds. The Labute approximate surface area is 122 Å². The number of nitrogens with one attached hydrogen (secondary N) is 1. The average Bonchev–Trinajstić information content (AvgIpc) is 3.31. The van der Waals surface area contributed by atoms with Gasteiger partial charge >= 0.3 is 5.97 Å². The van der Waals surface area contributed by atoms with Crippen LogP contribution in [0.25, 0.3) is 0 Å². The summed E-state index contributed by atoms with van der Waals surface area (Å²) in [6.45, 7) is 0.511. The summed E-state index contributed by atoms with van der Waals surface area (Å²) < 4.78 is 14.0. The number of aromatic carboxylic acids is 1. The fourth-order valence-electron chi connectivity index (χ4n) is 2.41. The van der Waals surface area contributed by atoms with E-state index in [1.54, 1.807) is 6.07 Å². The van der Waals surface area contributed by atoms with E-state index in [1.807, 2.05) is 30.3 Å². The van der Waals surface area contributed by atoms with Crippen LogP contribution in [0, 0.1) is 5.82 Å². The molecule has 0 saturated heterocycles. The highest BCUT2D eigenvalue weighted by Gasteiger charge is 2.28. The lowest BCUT2D eigenvalue weighted by molar-refractivity contribution is 0.0697. The Hall–Kier alpha value is -2.36. The summed E-state index contributed by atoms with van der Waals surface area (Å²) in [5.41, 5.74) is 2.13. The topological polar surface area (TPSA) is 49.3 Å². The molecule has 0 atom stereocenters. The van der Waals surface area contributed by atoms with Gasteiger partial charge in [0.15, 0.2) is 0 Å². The third kappa shape index (κ3) is 3.05. The first-order valence-electron chi connectivity index (χ1n) is 6.99. The molecular weight excluding hydrogens is 269 g/mol. The second-order valence-corrected chi connectivity index (χ2v) is 5.34. The Kier molecular flexibility index (Phi) is 3.60. The minimum absolute atomic E-state index is 0.0205. The van der Waals surface area contributed by atoms with Crippen LogP contribution in [0.4, 0.5) is 10.1 Å². The first-order chi connectivity index (χ1) is 10.1. The lowest BCUT2D eigenvalue weighted by Gasteiger charge is -2.12. The van der Waals surface area contributed by atoms with Gasteiger partial charge in [0.25, 0.3) is 0 Å². The van der Waals surface area contributed by atoms with Crippen molar-refractivity contribution in [3.8, 4) is 0 Å². The maximum atomic E-state index is 14.0. The molecule has 2 aromatic carbocycles. The van der Waals surface area contributed by atoms with Gasteiger partial charge in [-0.2, -0.15) is 0 Å². The predicted molar refractivity (Wildman–Crippen MR) is 79.1 cm³/mol. The van der Waals surface area contributed by atoms with Gasteiger partial charge in [0.1, 0.15) is 5.82 Å². The van der Waals surface area contributed by atoms with E-state index >= 15 is 0 Å². The fraction of sp³-hybridized carbons (Fsp3) is 0.235. The molecule has 4 heteroatoms. The van der Waals surface area contributed by atoms with Gasteiger partial charge < -0.3 is 10.4 Å². The molecule has 0 unspecified atom stereocenters. The number of rotatable bonds is 5. The normalized spacial score (nSPS) is 14.0. The van der Waals surface area contributed by atoms with Crippen molar-refractivity contribution in [1.82, 2.24) is 0 Å². The highest BCUT2D eigenvalue weighted by atomic mass is 19.1. The zero-order valence-electron chi connectivity index (χ0n) is 11.5. The minimum atomic E-state index is -1.12. The molecule has 0 bridgehead atoms. The number of carboxylic acids is 1. The zero-order valence-corrected chi connectivity index (χ0v) is 11.5. The lowest BCUT2D eigenvalue weighted by Crippen LogP contribution is -2.08. The van der Waals surface area contributed by atoms with Gasteiger partial charge in [0.2, 0.25) is 0 Å². The summed E-state index contributed by atoms with van der Waals surface area (Å²) in [6, 6.07) is 12.5. The minimum Gasteiger partial charge on any atom is -0.478 e. The molecular formula is C17H16FNO2. The summed E-state index contributed by atoms with van der Waals surface area (Å²) in [7, 11) is 0. The summed E-state index contributed by atoms with van der Waals surface area (Å²) in [5, 5.41) is 12.3. The van der Waals surface area contributed by atoms with Gasteiger partial charge in [0, 0.05) is 12.2 Å². The van der Waals surface area contributed by atoms with Crippen LogP contribution in [-0.2, 0) is 6.54 Å². The molecule has 1 fully saturated rings. The number of hydrogen-bond acceptors (Lipinski definition) is 2. The standard InChI is InChI=1S/C17H16FNO2/c18-15-8-14(17(20)21)16(9-13(15)12-6-7-12)19-10-11-4-2-1-3-5-11/h1-5,8-9,12,19H,6-7,10H2,(H,20,21). The van der Waals surface area contributed by atoms with Crippen LogP contribution < -0.4 is 5.32 Å². The summed E-state index contributed by atoms with van der Waals surface area (Å²) in [6.07, 6.45) is 1.95. The van der Waals surface area contributed by atoms with Crippen molar-refractivity contribution in [2.45, 2.75) is 25.3 Å². The van der Waals surface area contributed by atoms with Crippen LogP contribution >= 0.6 is 0 Å². The second kappa shape index (κ2) is 5.56. The maximum Gasteiger partial charge on any atom is 0.337 e. The Morgan fingerprint density at radius 1 is 1.24 bits per heavy atom. The number of benzene rings is 2. The highest BCUT2D eigenvalue weighted by molar-refractivity contribution is 5.94. The van der Waals surface area contributed by atoms with Crippen LogP contribution in [0.1, 0.15) is 40.2 Å². The largest absolute Gasteiger partial charge is 0.478 e. The van der Waals surface area contributed by atoms with Crippen molar-refractivity contribution in [1.29, 1.82) is 0 Å². The number of anilines is 1. The van der Waals surface area contributed by atoms with Gasteiger partial charge in [-0.15, -0.1) is 0 Å². The van der Waals surface area contributed by atoms with Gasteiger partial charge in [0.05, 0.1) is 5.56 Å². The van der Waals surface area contributed by atoms with Crippen LogP contribution in [0.5, 0.6) is 0 Å². The number of carboxylic acid groups (broad SMARTS) is 1. The van der Waals surface area contributed by atoms with E-state index in [0.29, 0.717) is 17.8 Å². The zero-order chi connectivity index (χ0) is 14.8. The lowest BCUT2D eigenvalue weighted by atomic mass is 10.0. The van der Waals surface area contributed by atoms with Crippen LogP contribution in [-0.4, -0.2) is 11.1 Å². The van der Waals surface area contributed by atoms with Crippen LogP contribution in [0.2, 0.25) is 0 Å². The van der Waals surface area contributed by atoms with Crippen molar-refractivity contribution in [2.24, 2.45) is 0 Å². The molecule has 1 saturated carbocycles. The molecule has 0 aliphatic heterocycles. The fourth-order valence-corrected chi connectivity index (χ4v) is 2.41. The smallest absolute Gasteiger partial charge is 0.337 e. The van der Waals surface area contributed by atoms with E-state index in [4.69, 9.17) is 0 Å². The molecule has 21 heavy (non-hydrogen) atoms. The van der Waals surface area contributed by atoms with Crippen LogP contribution in [0.3, 0.4) is 0 Å². The molecule has 1 aliphatic rings. The molecule has 108 valence electrons. The molecule has 1 aliphatic carbocycles. The van der Waals surface area contributed by atoms with E-state index in [9.17, 15) is 14.3 Å². The van der Waals surface area contributed by atoms with Gasteiger partial charge in [-0.05, 0) is 42.0 Å². The summed E-state index contributed by atoms with van der Waals surface area (Å²) in [5.74, 6) is -1.29. The maximum absolute atomic E-state index is 14.0. The average molecular weight is 285 g/mol. The Balaban J connectivity index is 1.88. The molecule has 0 aromatic heterocycles. The van der Waals surface area contributed by atoms with Gasteiger partial charge in [-0.25, -0.2) is 9.18 Å². The summed E-state index contributed by atoms with van der Waals surface area (Å²) >= 11 is 0. The Bertz CT molecular complexity index is 666. The van der Waals surface area contributed by atoms with E-state index < -0.39 is 11.8 Å². The highest BCUT2D eigenvalue weighted by Crippen LogP contribution is 2.42. The van der Waals surface area contributed by atoms with Crippen molar-refractivity contribution in [3.63, 3.8) is 0 Å². The molecule has 0 radical (unpaired) electrons. The van der Waals surface area contributed by atoms with Crippen molar-refractivity contribution >= 4 is 11.7 Å². The second-order valence-electron chi connectivity index (χ2n) is 5.34. The van der Waals surface area contributed by atoms with Crippen molar-refractivity contribution < 1.29 is 14.3 Å². The molecule has 3 rings (SSSR count). The monoisotopic (exact) mass is 285 g/mol. The Morgan fingerprint density at radius 2 is 1.95 bits per heavy atom. The molecule has 2 aromatic rings. The predicted octanol–water partition coefficient (Wildman–Crippen LogP) is 4.01. The molecule has 0 heterocycles. The van der Waals surface area contributed by atoms with Crippen LogP contribution in [0.15, 0.2) is 42.5 Å². The van der Waals surface area contributed by atoms with E-state index in [1.165, 1.54) is 0 Å². The molecule has 3 nitrogen and oxygen atoms in total. The third-order valence-corrected chi connectivity index (χ3v) is 3.71. The van der Waals surface area contributed by atoms with E-state index in [0.717, 1.165) is 24.5 Å². The number of carbonyl (C=O) groups is 1. The molecule has 0 spiro atoms. The van der Waals surface area contributed by atoms with Gasteiger partial charge in [-0.3, -0.25) is 0 Å². The number of hydrogen-bond donors (Lipinski definition) is 2. The quantitative estimate of drug-likeness (QED) is 0.872. The van der Waals surface area contributed by atoms with Gasteiger partial charge in [-0.1, -0.05) is 30.3 Å².